The van der Waals surface area contributed by atoms with E-state index in [-0.39, 0.29) is 30.3 Å². The van der Waals surface area contributed by atoms with Gasteiger partial charge < -0.3 is 9.73 Å². The Morgan fingerprint density at radius 1 is 1.14 bits per heavy atom. The summed E-state index contributed by atoms with van der Waals surface area (Å²) < 4.78 is 43.9. The predicted octanol–water partition coefficient (Wildman–Crippen LogP) is 5.26. The summed E-state index contributed by atoms with van der Waals surface area (Å²) in [7, 11) is 0. The van der Waals surface area contributed by atoms with Crippen molar-refractivity contribution in [3.8, 4) is 11.5 Å². The molecule has 0 aliphatic carbocycles. The second-order valence-corrected chi connectivity index (χ2v) is 6.52. The number of halogens is 4. The van der Waals surface area contributed by atoms with Gasteiger partial charge in [-0.3, -0.25) is 9.78 Å². The molecule has 2 aromatic heterocycles. The molecule has 3 rings (SSSR count). The van der Waals surface area contributed by atoms with E-state index in [1.54, 1.807) is 30.7 Å². The van der Waals surface area contributed by atoms with Gasteiger partial charge in [0.15, 0.2) is 5.76 Å². The molecule has 0 spiro atoms. The number of nitrogens with one attached hydrogen (secondary N) is 1. The summed E-state index contributed by atoms with van der Waals surface area (Å²) in [4.78, 5) is 16.3. The summed E-state index contributed by atoms with van der Waals surface area (Å²) >= 11 is 5.59. The molecule has 0 radical (unpaired) electrons. The molecule has 28 heavy (non-hydrogen) atoms. The first kappa shape index (κ1) is 19.9. The maximum absolute atomic E-state index is 12.9. The Morgan fingerprint density at radius 3 is 2.57 bits per heavy atom. The topological polar surface area (TPSA) is 55.1 Å². The summed E-state index contributed by atoms with van der Waals surface area (Å²) in [5, 5.41) is 2.37. The first-order chi connectivity index (χ1) is 13.3. The van der Waals surface area contributed by atoms with Gasteiger partial charge in [-0.15, -0.1) is 0 Å². The van der Waals surface area contributed by atoms with Crippen molar-refractivity contribution in [2.75, 3.05) is 0 Å². The van der Waals surface area contributed by atoms with Crippen molar-refractivity contribution < 1.29 is 22.4 Å². The van der Waals surface area contributed by atoms with Crippen LogP contribution >= 0.6 is 11.6 Å². The lowest BCUT2D eigenvalue weighted by Crippen LogP contribution is -2.23. The molecule has 0 atom stereocenters. The predicted molar refractivity (Wildman–Crippen MR) is 98.6 cm³/mol. The summed E-state index contributed by atoms with van der Waals surface area (Å²) in [6.07, 6.45) is -1.08. The molecule has 8 heteroatoms. The summed E-state index contributed by atoms with van der Waals surface area (Å²) in [6, 6.07) is 10.8. The molecule has 0 saturated heterocycles. The molecule has 0 bridgehead atoms. The van der Waals surface area contributed by atoms with Gasteiger partial charge >= 0.3 is 6.18 Å². The van der Waals surface area contributed by atoms with Gasteiger partial charge in [-0.1, -0.05) is 23.7 Å². The number of aromatic nitrogens is 1. The van der Waals surface area contributed by atoms with E-state index in [2.05, 4.69) is 10.3 Å². The second kappa shape index (κ2) is 8.48. The third-order valence-corrected chi connectivity index (χ3v) is 4.39. The van der Waals surface area contributed by atoms with Gasteiger partial charge in [0.1, 0.15) is 5.69 Å². The van der Waals surface area contributed by atoms with Gasteiger partial charge in [-0.25, -0.2) is 0 Å². The molecule has 3 aromatic rings. The van der Waals surface area contributed by atoms with Gasteiger partial charge in [0.05, 0.1) is 16.8 Å². The van der Waals surface area contributed by atoms with Gasteiger partial charge in [0.2, 0.25) is 5.91 Å². The number of hydrogen-bond donors (Lipinski definition) is 1. The quantitative estimate of drug-likeness (QED) is 0.605. The Balaban J connectivity index is 1.51. The number of pyridine rings is 1. The van der Waals surface area contributed by atoms with Crippen molar-refractivity contribution in [1.82, 2.24) is 10.3 Å². The zero-order valence-corrected chi connectivity index (χ0v) is 15.3. The molecule has 4 nitrogen and oxygen atoms in total. The maximum Gasteiger partial charge on any atom is 0.417 e. The number of furan rings is 1. The highest BCUT2D eigenvalue weighted by atomic mass is 35.5. The van der Waals surface area contributed by atoms with Crippen molar-refractivity contribution >= 4 is 17.5 Å². The van der Waals surface area contributed by atoms with Crippen LogP contribution in [-0.4, -0.2) is 10.9 Å². The SMILES string of the molecule is O=C(CCc1ccc(Cl)c(C(F)(F)F)c1)NCc1ccc(-c2ccco2)nc1. The average molecular weight is 409 g/mol. The number of alkyl halides is 3. The van der Waals surface area contributed by atoms with Gasteiger partial charge in [-0.05, 0) is 47.9 Å². The van der Waals surface area contributed by atoms with Crippen LogP contribution in [0, 0.1) is 0 Å². The molecule has 0 fully saturated rings. The van der Waals surface area contributed by atoms with Crippen LogP contribution in [0.2, 0.25) is 5.02 Å². The summed E-state index contributed by atoms with van der Waals surface area (Å²) in [5.74, 6) is 0.385. The van der Waals surface area contributed by atoms with E-state index >= 15 is 0 Å². The van der Waals surface area contributed by atoms with Crippen molar-refractivity contribution in [3.05, 3.63) is 76.6 Å². The van der Waals surface area contributed by atoms with E-state index < -0.39 is 11.7 Å². The number of benzene rings is 1. The third-order valence-electron chi connectivity index (χ3n) is 4.06. The maximum atomic E-state index is 12.9. The van der Waals surface area contributed by atoms with Crippen molar-refractivity contribution in [2.24, 2.45) is 0 Å². The molecular formula is C20H16ClF3N2O2. The molecule has 146 valence electrons. The fourth-order valence-corrected chi connectivity index (χ4v) is 2.82. The lowest BCUT2D eigenvalue weighted by Gasteiger charge is -2.11. The fourth-order valence-electron chi connectivity index (χ4n) is 2.59. The molecule has 1 N–H and O–H groups in total. The van der Waals surface area contributed by atoms with Crippen LogP contribution in [0.1, 0.15) is 23.1 Å². The third kappa shape index (κ3) is 5.13. The lowest BCUT2D eigenvalue weighted by molar-refractivity contribution is -0.137. The number of carbonyl (C=O) groups is 1. The number of rotatable bonds is 6. The number of amides is 1. The van der Waals surface area contributed by atoms with E-state index in [0.29, 0.717) is 17.0 Å². The second-order valence-electron chi connectivity index (χ2n) is 6.12. The van der Waals surface area contributed by atoms with Crippen LogP contribution < -0.4 is 5.32 Å². The number of carbonyl (C=O) groups excluding carboxylic acids is 1. The summed E-state index contributed by atoms with van der Waals surface area (Å²) in [6.45, 7) is 0.276. The lowest BCUT2D eigenvalue weighted by atomic mass is 10.1. The molecule has 1 aromatic carbocycles. The van der Waals surface area contributed by atoms with E-state index in [1.807, 2.05) is 6.07 Å². The number of nitrogens with zero attached hydrogens (tertiary/aromatic N) is 1. The van der Waals surface area contributed by atoms with E-state index in [4.69, 9.17) is 16.0 Å². The van der Waals surface area contributed by atoms with Gasteiger partial charge in [0, 0.05) is 19.2 Å². The van der Waals surface area contributed by atoms with Gasteiger partial charge in [0.25, 0.3) is 0 Å². The molecule has 2 heterocycles. The van der Waals surface area contributed by atoms with Crippen LogP contribution in [0.5, 0.6) is 0 Å². The van der Waals surface area contributed by atoms with E-state index in [1.165, 1.54) is 12.1 Å². The first-order valence-corrected chi connectivity index (χ1v) is 8.82. The Bertz CT molecular complexity index is 939. The monoisotopic (exact) mass is 408 g/mol. The van der Waals surface area contributed by atoms with Crippen molar-refractivity contribution in [3.63, 3.8) is 0 Å². The Labute approximate surface area is 164 Å². The molecular weight excluding hydrogens is 393 g/mol. The Morgan fingerprint density at radius 2 is 1.93 bits per heavy atom. The normalized spacial score (nSPS) is 11.4. The Kier molecular flexibility index (Phi) is 6.04. The fraction of sp³-hybridized carbons (Fsp3) is 0.200. The number of hydrogen-bond acceptors (Lipinski definition) is 3. The van der Waals surface area contributed by atoms with Crippen LogP contribution in [-0.2, 0) is 23.9 Å². The van der Waals surface area contributed by atoms with Crippen LogP contribution in [0.4, 0.5) is 13.2 Å². The van der Waals surface area contributed by atoms with Gasteiger partial charge in [-0.2, -0.15) is 13.2 Å². The minimum Gasteiger partial charge on any atom is -0.463 e. The van der Waals surface area contributed by atoms with Crippen molar-refractivity contribution in [1.29, 1.82) is 0 Å². The Hall–Kier alpha value is -2.80. The zero-order valence-electron chi connectivity index (χ0n) is 14.6. The minimum atomic E-state index is -4.52. The molecule has 1 amide bonds. The largest absolute Gasteiger partial charge is 0.463 e. The number of aryl methyl sites for hydroxylation is 1. The van der Waals surface area contributed by atoms with Crippen LogP contribution in [0.15, 0.2) is 59.3 Å². The molecule has 0 aliphatic rings. The molecule has 0 saturated carbocycles. The van der Waals surface area contributed by atoms with Crippen LogP contribution in [0.3, 0.4) is 0 Å². The molecule has 0 unspecified atom stereocenters. The van der Waals surface area contributed by atoms with Crippen molar-refractivity contribution in [2.45, 2.75) is 25.6 Å². The van der Waals surface area contributed by atoms with E-state index in [0.717, 1.165) is 11.6 Å². The highest BCUT2D eigenvalue weighted by Gasteiger charge is 2.33. The summed E-state index contributed by atoms with van der Waals surface area (Å²) in [5.41, 5.74) is 0.990. The van der Waals surface area contributed by atoms with Crippen LogP contribution in [0.25, 0.3) is 11.5 Å². The minimum absolute atomic E-state index is 0.0663. The smallest absolute Gasteiger partial charge is 0.417 e. The highest BCUT2D eigenvalue weighted by molar-refractivity contribution is 6.31. The zero-order chi connectivity index (χ0) is 20.1. The molecule has 0 aliphatic heterocycles. The van der Waals surface area contributed by atoms with E-state index in [9.17, 15) is 18.0 Å². The first-order valence-electron chi connectivity index (χ1n) is 8.44. The highest BCUT2D eigenvalue weighted by Crippen LogP contribution is 2.35. The standard InChI is InChI=1S/C20H16ClF3N2O2/c21-16-6-3-13(10-15(16)20(22,23)24)5-8-19(27)26-12-14-4-7-17(25-11-14)18-2-1-9-28-18/h1-4,6-7,9-11H,5,8,12H2,(H,26,27). The average Bonchev–Trinajstić information content (AvgIpc) is 3.20.